The Labute approximate surface area is 81.3 Å². The van der Waals surface area contributed by atoms with E-state index in [4.69, 9.17) is 0 Å². The molecule has 0 amide bonds. The Morgan fingerprint density at radius 1 is 0.923 bits per heavy atom. The first-order chi connectivity index (χ1) is 5.83. The van der Waals surface area contributed by atoms with E-state index in [1.54, 1.807) is 12.2 Å². The third-order valence-corrected chi connectivity index (χ3v) is 2.84. The molecular formula is C10H18O2S. The van der Waals surface area contributed by atoms with Gasteiger partial charge in [-0.05, 0) is 27.7 Å². The van der Waals surface area contributed by atoms with Gasteiger partial charge in [-0.3, -0.25) is 0 Å². The fraction of sp³-hybridized carbons (Fsp3) is 0.600. The highest BCUT2D eigenvalue weighted by Crippen LogP contribution is 1.98. The van der Waals surface area contributed by atoms with Gasteiger partial charge in [-0.15, -0.1) is 0 Å². The molecule has 0 aliphatic carbocycles. The second kappa shape index (κ2) is 5.22. The Bertz CT molecular complexity index is 274. The molecule has 0 aromatic carbocycles. The zero-order valence-electron chi connectivity index (χ0n) is 8.79. The summed E-state index contributed by atoms with van der Waals surface area (Å²) in [6.45, 7) is 7.60. The van der Waals surface area contributed by atoms with Gasteiger partial charge in [0.2, 0.25) is 0 Å². The SMILES string of the molecule is CC(C)=CCS(=O)(=O)CC=C(C)C. The largest absolute Gasteiger partial charge is 0.228 e. The van der Waals surface area contributed by atoms with Crippen molar-refractivity contribution in [1.82, 2.24) is 0 Å². The molecule has 0 fully saturated rings. The first-order valence-corrected chi connectivity index (χ1v) is 6.13. The zero-order chi connectivity index (χ0) is 10.5. The molecule has 0 heterocycles. The molecule has 0 atom stereocenters. The molecule has 0 aromatic heterocycles. The van der Waals surface area contributed by atoms with Gasteiger partial charge in [0.05, 0.1) is 11.5 Å². The van der Waals surface area contributed by atoms with Crippen LogP contribution in [0.25, 0.3) is 0 Å². The molecule has 0 aliphatic heterocycles. The Morgan fingerprint density at radius 2 is 1.23 bits per heavy atom. The zero-order valence-corrected chi connectivity index (χ0v) is 9.61. The second-order valence-corrected chi connectivity index (χ2v) is 5.79. The maximum Gasteiger partial charge on any atom is 0.157 e. The van der Waals surface area contributed by atoms with E-state index in [0.717, 1.165) is 11.1 Å². The van der Waals surface area contributed by atoms with E-state index in [9.17, 15) is 8.42 Å². The van der Waals surface area contributed by atoms with E-state index in [1.165, 1.54) is 0 Å². The van der Waals surface area contributed by atoms with E-state index in [-0.39, 0.29) is 11.5 Å². The van der Waals surface area contributed by atoms with E-state index in [1.807, 2.05) is 27.7 Å². The van der Waals surface area contributed by atoms with Crippen LogP contribution in [0.5, 0.6) is 0 Å². The summed E-state index contributed by atoms with van der Waals surface area (Å²) in [5.41, 5.74) is 2.08. The summed E-state index contributed by atoms with van der Waals surface area (Å²) in [5, 5.41) is 0. The summed E-state index contributed by atoms with van der Waals surface area (Å²) in [4.78, 5) is 0. The van der Waals surface area contributed by atoms with Crippen LogP contribution >= 0.6 is 0 Å². The molecule has 0 unspecified atom stereocenters. The number of sulfone groups is 1. The van der Waals surface area contributed by atoms with Gasteiger partial charge in [-0.2, -0.15) is 0 Å². The molecule has 0 saturated carbocycles. The lowest BCUT2D eigenvalue weighted by Crippen LogP contribution is -2.07. The minimum absolute atomic E-state index is 0.152. The lowest BCUT2D eigenvalue weighted by Gasteiger charge is -1.97. The lowest BCUT2D eigenvalue weighted by molar-refractivity contribution is 0.601. The molecule has 3 heteroatoms. The summed E-state index contributed by atoms with van der Waals surface area (Å²) in [6.07, 6.45) is 3.49. The molecule has 2 nitrogen and oxygen atoms in total. The Morgan fingerprint density at radius 3 is 1.46 bits per heavy atom. The molecule has 0 bridgehead atoms. The van der Waals surface area contributed by atoms with E-state index in [2.05, 4.69) is 0 Å². The number of hydrogen-bond donors (Lipinski definition) is 0. The predicted molar refractivity (Wildman–Crippen MR) is 57.5 cm³/mol. The molecule has 13 heavy (non-hydrogen) atoms. The van der Waals surface area contributed by atoms with Crippen molar-refractivity contribution in [2.24, 2.45) is 0 Å². The monoisotopic (exact) mass is 202 g/mol. The quantitative estimate of drug-likeness (QED) is 0.656. The highest BCUT2D eigenvalue weighted by Gasteiger charge is 2.05. The van der Waals surface area contributed by atoms with Gasteiger partial charge in [0, 0.05) is 0 Å². The van der Waals surface area contributed by atoms with Crippen LogP contribution in [0.15, 0.2) is 23.3 Å². The van der Waals surface area contributed by atoms with E-state index < -0.39 is 9.84 Å². The number of hydrogen-bond acceptors (Lipinski definition) is 2. The van der Waals surface area contributed by atoms with Crippen LogP contribution in [-0.4, -0.2) is 19.9 Å². The summed E-state index contributed by atoms with van der Waals surface area (Å²) < 4.78 is 22.7. The summed E-state index contributed by atoms with van der Waals surface area (Å²) >= 11 is 0. The maximum atomic E-state index is 11.4. The number of allylic oxidation sites excluding steroid dienone is 2. The average Bonchev–Trinajstić information content (AvgIpc) is 1.98. The topological polar surface area (TPSA) is 34.1 Å². The summed E-state index contributed by atoms with van der Waals surface area (Å²) in [5.74, 6) is 0.304. The van der Waals surface area contributed by atoms with Gasteiger partial charge in [0.25, 0.3) is 0 Å². The summed E-state index contributed by atoms with van der Waals surface area (Å²) in [6, 6.07) is 0. The van der Waals surface area contributed by atoms with Crippen molar-refractivity contribution in [3.63, 3.8) is 0 Å². The van der Waals surface area contributed by atoms with Crippen LogP contribution in [-0.2, 0) is 9.84 Å². The van der Waals surface area contributed by atoms with Crippen LogP contribution in [0.2, 0.25) is 0 Å². The fourth-order valence-corrected chi connectivity index (χ4v) is 1.97. The van der Waals surface area contributed by atoms with Crippen LogP contribution in [0.3, 0.4) is 0 Å². The molecular weight excluding hydrogens is 184 g/mol. The molecule has 0 N–H and O–H groups in total. The minimum atomic E-state index is -2.92. The Balaban J connectivity index is 4.27. The summed E-state index contributed by atoms with van der Waals surface area (Å²) in [7, 11) is -2.92. The maximum absolute atomic E-state index is 11.4. The lowest BCUT2D eigenvalue weighted by atomic mass is 10.3. The molecule has 0 aliphatic rings. The van der Waals surface area contributed by atoms with Crippen LogP contribution in [0.4, 0.5) is 0 Å². The van der Waals surface area contributed by atoms with E-state index in [0.29, 0.717) is 0 Å². The fourth-order valence-electron chi connectivity index (χ4n) is 0.655. The second-order valence-electron chi connectivity index (χ2n) is 3.64. The minimum Gasteiger partial charge on any atom is -0.228 e. The van der Waals surface area contributed by atoms with Crippen LogP contribution in [0.1, 0.15) is 27.7 Å². The highest BCUT2D eigenvalue weighted by molar-refractivity contribution is 7.91. The standard InChI is InChI=1S/C10H18O2S/c1-9(2)5-7-13(11,12)8-6-10(3)4/h5-6H,7-8H2,1-4H3. The third kappa shape index (κ3) is 7.78. The van der Waals surface area contributed by atoms with Crippen molar-refractivity contribution >= 4 is 9.84 Å². The molecule has 0 rings (SSSR count). The molecule has 0 spiro atoms. The molecule has 0 radical (unpaired) electrons. The van der Waals surface area contributed by atoms with Crippen molar-refractivity contribution < 1.29 is 8.42 Å². The van der Waals surface area contributed by atoms with Crippen molar-refractivity contribution in [1.29, 1.82) is 0 Å². The van der Waals surface area contributed by atoms with Gasteiger partial charge in [-0.1, -0.05) is 23.3 Å². The van der Waals surface area contributed by atoms with Gasteiger partial charge in [0.15, 0.2) is 9.84 Å². The van der Waals surface area contributed by atoms with Gasteiger partial charge >= 0.3 is 0 Å². The smallest absolute Gasteiger partial charge is 0.157 e. The van der Waals surface area contributed by atoms with Gasteiger partial charge in [-0.25, -0.2) is 8.42 Å². The molecule has 0 aromatic rings. The van der Waals surface area contributed by atoms with Crippen molar-refractivity contribution in [3.05, 3.63) is 23.3 Å². The van der Waals surface area contributed by atoms with Gasteiger partial charge in [0.1, 0.15) is 0 Å². The molecule has 0 saturated heterocycles. The highest BCUT2D eigenvalue weighted by atomic mass is 32.2. The normalized spacial score (nSPS) is 10.8. The van der Waals surface area contributed by atoms with Crippen LogP contribution in [0, 0.1) is 0 Å². The van der Waals surface area contributed by atoms with Crippen molar-refractivity contribution in [2.75, 3.05) is 11.5 Å². The van der Waals surface area contributed by atoms with Gasteiger partial charge < -0.3 is 0 Å². The van der Waals surface area contributed by atoms with E-state index >= 15 is 0 Å². The third-order valence-electron chi connectivity index (χ3n) is 1.49. The first kappa shape index (κ1) is 12.4. The predicted octanol–water partition coefficient (Wildman–Crippen LogP) is 2.33. The number of rotatable bonds is 4. The Hall–Kier alpha value is -0.570. The van der Waals surface area contributed by atoms with Crippen molar-refractivity contribution in [3.8, 4) is 0 Å². The average molecular weight is 202 g/mol. The molecule has 76 valence electrons. The first-order valence-electron chi connectivity index (χ1n) is 4.30. The van der Waals surface area contributed by atoms with Crippen LogP contribution < -0.4 is 0 Å². The van der Waals surface area contributed by atoms with Crippen molar-refractivity contribution in [2.45, 2.75) is 27.7 Å². The Kier molecular flexibility index (Phi) is 4.99.